The second-order valence-corrected chi connectivity index (χ2v) is 5.52. The fourth-order valence-corrected chi connectivity index (χ4v) is 2.64. The largest absolute Gasteiger partial charge is 0.493 e. The maximum atomic E-state index is 12.7. The Kier molecular flexibility index (Phi) is 5.97. The minimum Gasteiger partial charge on any atom is -0.493 e. The first-order chi connectivity index (χ1) is 12.5. The standard InChI is InChI=1S/C20H20N2O4/c1-5-9-22-19(23)15(13(3)16(12-21)20(22)24)10-14-7-8-17(26-6-2)18(11-14)25-4/h5,7-8,10-11H,1,6,9H2,2-4H3/b15-10+. The molecule has 1 aromatic rings. The van der Waals surface area contributed by atoms with E-state index in [0.29, 0.717) is 29.2 Å². The molecule has 2 rings (SSSR count). The van der Waals surface area contributed by atoms with Gasteiger partial charge in [0.05, 0.1) is 13.7 Å². The molecule has 0 bridgehead atoms. The van der Waals surface area contributed by atoms with E-state index in [1.54, 1.807) is 31.2 Å². The topological polar surface area (TPSA) is 79.6 Å². The summed E-state index contributed by atoms with van der Waals surface area (Å²) in [6.45, 7) is 7.57. The molecule has 1 heterocycles. The molecule has 134 valence electrons. The average molecular weight is 352 g/mol. The van der Waals surface area contributed by atoms with Gasteiger partial charge in [0, 0.05) is 12.1 Å². The van der Waals surface area contributed by atoms with E-state index in [1.165, 1.54) is 13.2 Å². The summed E-state index contributed by atoms with van der Waals surface area (Å²) in [6.07, 6.45) is 3.08. The Balaban J connectivity index is 2.56. The molecule has 0 spiro atoms. The Labute approximate surface area is 152 Å². The Hall–Kier alpha value is -3.33. The van der Waals surface area contributed by atoms with Crippen molar-refractivity contribution in [2.45, 2.75) is 13.8 Å². The molecule has 26 heavy (non-hydrogen) atoms. The molecule has 1 aliphatic heterocycles. The van der Waals surface area contributed by atoms with Crippen molar-refractivity contribution in [1.29, 1.82) is 5.26 Å². The van der Waals surface area contributed by atoms with Gasteiger partial charge in [-0.15, -0.1) is 6.58 Å². The zero-order valence-electron chi connectivity index (χ0n) is 15.0. The molecule has 0 saturated heterocycles. The van der Waals surface area contributed by atoms with Crippen molar-refractivity contribution in [2.75, 3.05) is 20.3 Å². The molecule has 1 aromatic carbocycles. The minimum absolute atomic E-state index is 0.0417. The lowest BCUT2D eigenvalue weighted by Crippen LogP contribution is -2.42. The van der Waals surface area contributed by atoms with Gasteiger partial charge in [0.25, 0.3) is 11.8 Å². The summed E-state index contributed by atoms with van der Waals surface area (Å²) in [4.78, 5) is 26.0. The van der Waals surface area contributed by atoms with Gasteiger partial charge in [0.15, 0.2) is 11.5 Å². The van der Waals surface area contributed by atoms with Crippen molar-refractivity contribution in [2.24, 2.45) is 0 Å². The van der Waals surface area contributed by atoms with Crippen LogP contribution in [0.2, 0.25) is 0 Å². The molecule has 0 N–H and O–H groups in total. The second-order valence-electron chi connectivity index (χ2n) is 5.52. The van der Waals surface area contributed by atoms with Crippen LogP contribution in [0, 0.1) is 11.3 Å². The van der Waals surface area contributed by atoms with Gasteiger partial charge in [-0.3, -0.25) is 14.5 Å². The number of carbonyl (C=O) groups excluding carboxylic acids is 2. The summed E-state index contributed by atoms with van der Waals surface area (Å²) in [5, 5.41) is 9.31. The fourth-order valence-electron chi connectivity index (χ4n) is 2.64. The van der Waals surface area contributed by atoms with Gasteiger partial charge in [-0.2, -0.15) is 5.26 Å². The third-order valence-electron chi connectivity index (χ3n) is 3.94. The molecular formula is C20H20N2O4. The maximum absolute atomic E-state index is 12.7. The number of methoxy groups -OCH3 is 1. The van der Waals surface area contributed by atoms with Gasteiger partial charge >= 0.3 is 0 Å². The Bertz CT molecular complexity index is 859. The molecule has 0 radical (unpaired) electrons. The number of ether oxygens (including phenoxy) is 2. The molecule has 0 fully saturated rings. The second kappa shape index (κ2) is 8.17. The first kappa shape index (κ1) is 19.0. The Morgan fingerprint density at radius 3 is 2.58 bits per heavy atom. The van der Waals surface area contributed by atoms with E-state index in [1.807, 2.05) is 13.0 Å². The zero-order valence-corrected chi connectivity index (χ0v) is 15.0. The number of benzene rings is 1. The smallest absolute Gasteiger partial charge is 0.271 e. The molecule has 6 heteroatoms. The monoisotopic (exact) mass is 352 g/mol. The number of nitrogens with zero attached hydrogens (tertiary/aromatic N) is 2. The van der Waals surface area contributed by atoms with Crippen LogP contribution in [0.1, 0.15) is 19.4 Å². The molecule has 1 aliphatic rings. The lowest BCUT2D eigenvalue weighted by atomic mass is 9.93. The summed E-state index contributed by atoms with van der Waals surface area (Å²) >= 11 is 0. The van der Waals surface area contributed by atoms with E-state index in [0.717, 1.165) is 4.90 Å². The summed E-state index contributed by atoms with van der Waals surface area (Å²) in [5.74, 6) is 0.0711. The molecule has 0 aromatic heterocycles. The van der Waals surface area contributed by atoms with Crippen molar-refractivity contribution in [3.63, 3.8) is 0 Å². The SMILES string of the molecule is C=CCN1C(=O)C(C#N)=C(C)/C(=C\c2ccc(OCC)c(OC)c2)C1=O. The normalized spacial score (nSPS) is 15.9. The Morgan fingerprint density at radius 2 is 2.00 bits per heavy atom. The highest BCUT2D eigenvalue weighted by atomic mass is 16.5. The van der Waals surface area contributed by atoms with Crippen LogP contribution in [-0.4, -0.2) is 37.0 Å². The molecule has 0 unspecified atom stereocenters. The van der Waals surface area contributed by atoms with Gasteiger partial charge < -0.3 is 9.47 Å². The maximum Gasteiger partial charge on any atom is 0.271 e. The molecular weight excluding hydrogens is 332 g/mol. The number of imide groups is 1. The van der Waals surface area contributed by atoms with Crippen LogP contribution in [0.3, 0.4) is 0 Å². The van der Waals surface area contributed by atoms with E-state index in [2.05, 4.69) is 6.58 Å². The molecule has 0 saturated carbocycles. The molecule has 0 atom stereocenters. The van der Waals surface area contributed by atoms with E-state index >= 15 is 0 Å². The van der Waals surface area contributed by atoms with Crippen LogP contribution in [-0.2, 0) is 9.59 Å². The van der Waals surface area contributed by atoms with E-state index in [4.69, 9.17) is 9.47 Å². The van der Waals surface area contributed by atoms with E-state index in [-0.39, 0.29) is 17.7 Å². The van der Waals surface area contributed by atoms with Crippen LogP contribution < -0.4 is 9.47 Å². The molecule has 2 amide bonds. The van der Waals surface area contributed by atoms with Gasteiger partial charge in [-0.25, -0.2) is 0 Å². The van der Waals surface area contributed by atoms with Crippen LogP contribution in [0.25, 0.3) is 6.08 Å². The Morgan fingerprint density at radius 1 is 1.27 bits per heavy atom. The highest BCUT2D eigenvalue weighted by molar-refractivity contribution is 6.19. The zero-order chi connectivity index (χ0) is 19.3. The number of hydrogen-bond acceptors (Lipinski definition) is 5. The van der Waals surface area contributed by atoms with Crippen molar-refractivity contribution < 1.29 is 19.1 Å². The number of nitriles is 1. The van der Waals surface area contributed by atoms with Crippen molar-refractivity contribution in [3.8, 4) is 17.6 Å². The average Bonchev–Trinajstić information content (AvgIpc) is 2.64. The highest BCUT2D eigenvalue weighted by Crippen LogP contribution is 2.31. The number of carbonyl (C=O) groups is 2. The van der Waals surface area contributed by atoms with Gasteiger partial charge in [-0.1, -0.05) is 12.1 Å². The van der Waals surface area contributed by atoms with E-state index < -0.39 is 11.8 Å². The van der Waals surface area contributed by atoms with E-state index in [9.17, 15) is 14.9 Å². The first-order valence-corrected chi connectivity index (χ1v) is 8.09. The first-order valence-electron chi connectivity index (χ1n) is 8.09. The van der Waals surface area contributed by atoms with Crippen LogP contribution in [0.15, 0.2) is 47.6 Å². The van der Waals surface area contributed by atoms with Crippen LogP contribution in [0.5, 0.6) is 11.5 Å². The van der Waals surface area contributed by atoms with Crippen molar-refractivity contribution >= 4 is 17.9 Å². The summed E-state index contributed by atoms with van der Waals surface area (Å²) in [7, 11) is 1.53. The van der Waals surface area contributed by atoms with Crippen molar-refractivity contribution in [3.05, 3.63) is 53.1 Å². The van der Waals surface area contributed by atoms with Gasteiger partial charge in [0.2, 0.25) is 0 Å². The summed E-state index contributed by atoms with van der Waals surface area (Å²) in [6, 6.07) is 7.16. The minimum atomic E-state index is -0.601. The summed E-state index contributed by atoms with van der Waals surface area (Å²) in [5.41, 5.74) is 1.29. The van der Waals surface area contributed by atoms with Crippen molar-refractivity contribution in [1.82, 2.24) is 4.90 Å². The lowest BCUT2D eigenvalue weighted by Gasteiger charge is -2.26. The third-order valence-corrected chi connectivity index (χ3v) is 3.94. The lowest BCUT2D eigenvalue weighted by molar-refractivity contribution is -0.139. The quantitative estimate of drug-likeness (QED) is 0.447. The van der Waals surface area contributed by atoms with Crippen LogP contribution in [0.4, 0.5) is 0 Å². The summed E-state index contributed by atoms with van der Waals surface area (Å²) < 4.78 is 10.8. The van der Waals surface area contributed by atoms with Crippen LogP contribution >= 0.6 is 0 Å². The third kappa shape index (κ3) is 3.52. The number of amides is 2. The molecule has 0 aliphatic carbocycles. The molecule has 6 nitrogen and oxygen atoms in total. The number of rotatable bonds is 6. The fraction of sp³-hybridized carbons (Fsp3) is 0.250. The number of hydrogen-bond donors (Lipinski definition) is 0. The highest BCUT2D eigenvalue weighted by Gasteiger charge is 2.34. The van der Waals surface area contributed by atoms with Gasteiger partial charge in [0.1, 0.15) is 11.6 Å². The van der Waals surface area contributed by atoms with Gasteiger partial charge in [-0.05, 0) is 43.2 Å². The predicted octanol–water partition coefficient (Wildman–Crippen LogP) is 2.87. The predicted molar refractivity (Wildman–Crippen MR) is 97.4 cm³/mol.